The molecule has 0 saturated heterocycles. The van der Waals surface area contributed by atoms with Crippen LogP contribution >= 0.6 is 0 Å². The van der Waals surface area contributed by atoms with Crippen LogP contribution in [0.15, 0.2) is 23.2 Å². The van der Waals surface area contributed by atoms with Crippen LogP contribution in [-0.2, 0) is 6.42 Å². The minimum Gasteiger partial charge on any atom is -0.493 e. The number of methoxy groups -OCH3 is 2. The van der Waals surface area contributed by atoms with Crippen LogP contribution in [0.2, 0.25) is 0 Å². The maximum absolute atomic E-state index is 5.44. The Hall–Kier alpha value is -1.95. The molecule has 118 valence electrons. The fourth-order valence-electron chi connectivity index (χ4n) is 1.79. The van der Waals surface area contributed by atoms with E-state index in [2.05, 4.69) is 29.6 Å². The van der Waals surface area contributed by atoms with E-state index in [4.69, 9.17) is 15.3 Å². The lowest BCUT2D eigenvalue weighted by atomic mass is 10.1. The van der Waals surface area contributed by atoms with Gasteiger partial charge in [0.2, 0.25) is 5.96 Å². The molecule has 0 fully saturated rings. The van der Waals surface area contributed by atoms with Crippen LogP contribution < -0.4 is 26.1 Å². The molecule has 0 atom stereocenters. The largest absolute Gasteiger partial charge is 0.493 e. The number of rotatable bonds is 7. The third-order valence-electron chi connectivity index (χ3n) is 2.91. The van der Waals surface area contributed by atoms with Gasteiger partial charge in [-0.25, -0.2) is 5.84 Å². The topological polar surface area (TPSA) is 80.9 Å². The fraction of sp³-hybridized carbons (Fsp3) is 0.533. The normalized spacial score (nSPS) is 11.4. The van der Waals surface area contributed by atoms with Crippen LogP contribution in [0.1, 0.15) is 19.4 Å². The highest BCUT2D eigenvalue weighted by molar-refractivity contribution is 5.79. The number of nitrogens with two attached hydrogens (primary N) is 1. The number of hydrogen-bond acceptors (Lipinski definition) is 4. The lowest BCUT2D eigenvalue weighted by Gasteiger charge is -2.12. The van der Waals surface area contributed by atoms with Crippen molar-refractivity contribution in [2.75, 3.05) is 27.3 Å². The smallest absolute Gasteiger partial charge is 0.205 e. The molecule has 0 saturated carbocycles. The highest BCUT2D eigenvalue weighted by Gasteiger charge is 2.04. The average Bonchev–Trinajstić information content (AvgIpc) is 2.50. The van der Waals surface area contributed by atoms with Crippen LogP contribution in [0.25, 0.3) is 0 Å². The molecule has 0 aromatic heterocycles. The molecule has 4 N–H and O–H groups in total. The molecule has 0 amide bonds. The van der Waals surface area contributed by atoms with Crippen molar-refractivity contribution in [3.63, 3.8) is 0 Å². The van der Waals surface area contributed by atoms with Crippen LogP contribution in [0.5, 0.6) is 11.5 Å². The van der Waals surface area contributed by atoms with E-state index in [9.17, 15) is 0 Å². The van der Waals surface area contributed by atoms with Gasteiger partial charge in [-0.2, -0.15) is 0 Å². The van der Waals surface area contributed by atoms with Crippen molar-refractivity contribution >= 4 is 5.96 Å². The highest BCUT2D eigenvalue weighted by Crippen LogP contribution is 2.27. The zero-order valence-electron chi connectivity index (χ0n) is 13.3. The maximum Gasteiger partial charge on any atom is 0.205 e. The summed E-state index contributed by atoms with van der Waals surface area (Å²) in [5.41, 5.74) is 3.73. The third-order valence-corrected chi connectivity index (χ3v) is 2.91. The maximum atomic E-state index is 5.44. The van der Waals surface area contributed by atoms with Gasteiger partial charge in [0.25, 0.3) is 0 Å². The molecule has 1 aromatic rings. The molecule has 0 bridgehead atoms. The summed E-state index contributed by atoms with van der Waals surface area (Å²) >= 11 is 0. The van der Waals surface area contributed by atoms with Crippen LogP contribution in [0.4, 0.5) is 0 Å². The first kappa shape index (κ1) is 17.1. The zero-order valence-corrected chi connectivity index (χ0v) is 13.3. The van der Waals surface area contributed by atoms with Gasteiger partial charge in [0.05, 0.1) is 14.2 Å². The van der Waals surface area contributed by atoms with Crippen LogP contribution in [0.3, 0.4) is 0 Å². The van der Waals surface area contributed by atoms with Gasteiger partial charge in [0, 0.05) is 13.1 Å². The minimum atomic E-state index is 0.501. The van der Waals surface area contributed by atoms with Gasteiger partial charge in [-0.05, 0) is 30.0 Å². The summed E-state index contributed by atoms with van der Waals surface area (Å²) < 4.78 is 10.5. The van der Waals surface area contributed by atoms with Gasteiger partial charge in [-0.3, -0.25) is 10.4 Å². The molecule has 0 aliphatic heterocycles. The Labute approximate surface area is 126 Å². The lowest BCUT2D eigenvalue weighted by Crippen LogP contribution is -2.42. The second kappa shape index (κ2) is 9.07. The van der Waals surface area contributed by atoms with E-state index in [0.29, 0.717) is 11.9 Å². The first-order valence-electron chi connectivity index (χ1n) is 7.06. The predicted molar refractivity (Wildman–Crippen MR) is 85.7 cm³/mol. The molecule has 0 aliphatic carbocycles. The number of aliphatic imine (C=N–C) groups is 1. The monoisotopic (exact) mass is 294 g/mol. The number of nitrogens with one attached hydrogen (secondary N) is 2. The molecule has 0 heterocycles. The van der Waals surface area contributed by atoms with Crippen molar-refractivity contribution in [3.8, 4) is 11.5 Å². The summed E-state index contributed by atoms with van der Waals surface area (Å²) in [5, 5.41) is 3.18. The summed E-state index contributed by atoms with van der Waals surface area (Å²) in [6.07, 6.45) is 0.836. The van der Waals surface area contributed by atoms with Crippen molar-refractivity contribution in [2.45, 2.75) is 20.3 Å². The molecule has 21 heavy (non-hydrogen) atoms. The molecule has 0 radical (unpaired) electrons. The number of hydrogen-bond donors (Lipinski definition) is 3. The first-order valence-corrected chi connectivity index (χ1v) is 7.06. The number of benzene rings is 1. The van der Waals surface area contributed by atoms with E-state index in [-0.39, 0.29) is 0 Å². The lowest BCUT2D eigenvalue weighted by molar-refractivity contribution is 0.354. The first-order chi connectivity index (χ1) is 10.1. The summed E-state index contributed by atoms with van der Waals surface area (Å²) in [6.45, 7) is 5.70. The van der Waals surface area contributed by atoms with Gasteiger partial charge >= 0.3 is 0 Å². The van der Waals surface area contributed by atoms with Gasteiger partial charge in [0.15, 0.2) is 11.5 Å². The number of guanidine groups is 1. The quantitative estimate of drug-likeness (QED) is 0.306. The van der Waals surface area contributed by atoms with Crippen molar-refractivity contribution in [3.05, 3.63) is 23.8 Å². The molecule has 1 aromatic carbocycles. The second-order valence-corrected chi connectivity index (χ2v) is 5.09. The van der Waals surface area contributed by atoms with Crippen molar-refractivity contribution in [1.82, 2.24) is 10.7 Å². The SMILES string of the molecule is COc1ccc(CCNC(=NCC(C)C)NN)cc1OC. The Morgan fingerprint density at radius 2 is 1.95 bits per heavy atom. The Balaban J connectivity index is 2.53. The molecular formula is C15H26N4O2. The molecular weight excluding hydrogens is 268 g/mol. The van der Waals surface area contributed by atoms with Gasteiger partial charge in [0.1, 0.15) is 0 Å². The van der Waals surface area contributed by atoms with E-state index in [1.165, 1.54) is 0 Å². The third kappa shape index (κ3) is 5.91. The van der Waals surface area contributed by atoms with Crippen molar-refractivity contribution in [1.29, 1.82) is 0 Å². The molecule has 1 rings (SSSR count). The van der Waals surface area contributed by atoms with E-state index in [0.717, 1.165) is 36.6 Å². The fourth-order valence-corrected chi connectivity index (χ4v) is 1.79. The zero-order chi connectivity index (χ0) is 15.7. The summed E-state index contributed by atoms with van der Waals surface area (Å²) in [4.78, 5) is 4.36. The minimum absolute atomic E-state index is 0.501. The van der Waals surface area contributed by atoms with Gasteiger partial charge in [-0.1, -0.05) is 19.9 Å². The Morgan fingerprint density at radius 1 is 1.24 bits per heavy atom. The van der Waals surface area contributed by atoms with Crippen LogP contribution in [0, 0.1) is 5.92 Å². The standard InChI is InChI=1S/C15H26N4O2/c1-11(2)10-18-15(19-16)17-8-7-12-5-6-13(20-3)14(9-12)21-4/h5-6,9,11H,7-8,10,16H2,1-4H3,(H2,17,18,19). The van der Waals surface area contributed by atoms with Crippen LogP contribution in [-0.4, -0.2) is 33.3 Å². The number of hydrazine groups is 1. The van der Waals surface area contributed by atoms with E-state index in [1.54, 1.807) is 14.2 Å². The Kier molecular flexibility index (Phi) is 7.39. The predicted octanol–water partition coefficient (Wildman–Crippen LogP) is 1.31. The molecule has 6 nitrogen and oxygen atoms in total. The van der Waals surface area contributed by atoms with E-state index < -0.39 is 0 Å². The highest BCUT2D eigenvalue weighted by atomic mass is 16.5. The molecule has 6 heteroatoms. The summed E-state index contributed by atoms with van der Waals surface area (Å²) in [7, 11) is 3.26. The second-order valence-electron chi connectivity index (χ2n) is 5.09. The molecule has 0 aliphatic rings. The van der Waals surface area contributed by atoms with Gasteiger partial charge < -0.3 is 14.8 Å². The number of nitrogens with zero attached hydrogens (tertiary/aromatic N) is 1. The number of ether oxygens (including phenoxy) is 2. The molecule has 0 unspecified atom stereocenters. The van der Waals surface area contributed by atoms with Gasteiger partial charge in [-0.15, -0.1) is 0 Å². The summed E-state index contributed by atoms with van der Waals surface area (Å²) in [5.74, 6) is 8.03. The van der Waals surface area contributed by atoms with E-state index >= 15 is 0 Å². The Bertz CT molecular complexity index is 461. The van der Waals surface area contributed by atoms with Crippen molar-refractivity contribution in [2.24, 2.45) is 16.8 Å². The van der Waals surface area contributed by atoms with Crippen molar-refractivity contribution < 1.29 is 9.47 Å². The summed E-state index contributed by atoms with van der Waals surface area (Å²) in [6, 6.07) is 5.90. The van der Waals surface area contributed by atoms with E-state index in [1.807, 2.05) is 18.2 Å². The Morgan fingerprint density at radius 3 is 2.52 bits per heavy atom. The molecule has 0 spiro atoms. The average molecular weight is 294 g/mol.